The van der Waals surface area contributed by atoms with E-state index in [4.69, 9.17) is 20.9 Å². The lowest BCUT2D eigenvalue weighted by Crippen LogP contribution is -2.52. The number of benzene rings is 2. The van der Waals surface area contributed by atoms with Crippen LogP contribution in [-0.2, 0) is 0 Å². The molecular formula is C35H38F2N6O3. The summed E-state index contributed by atoms with van der Waals surface area (Å²) in [6.45, 7) is 9.03. The Kier molecular flexibility index (Phi) is 8.03. The normalized spacial score (nSPS) is 20.2. The lowest BCUT2D eigenvalue weighted by atomic mass is 9.95. The third-order valence-electron chi connectivity index (χ3n) is 9.76. The minimum atomic E-state index is -0.756. The number of anilines is 1. The summed E-state index contributed by atoms with van der Waals surface area (Å²) < 4.78 is 44.4. The molecule has 240 valence electrons. The number of phenolic OH excluding ortho intramolecular Hbond substituents is 1. The Morgan fingerprint density at radius 3 is 2.70 bits per heavy atom. The van der Waals surface area contributed by atoms with Crippen LogP contribution in [-0.4, -0.2) is 82.5 Å². The van der Waals surface area contributed by atoms with E-state index >= 15 is 4.39 Å². The van der Waals surface area contributed by atoms with Crippen LogP contribution in [0.5, 0.6) is 17.6 Å². The number of piperazine rings is 1. The molecule has 0 saturated carbocycles. The Morgan fingerprint density at radius 1 is 1.11 bits per heavy atom. The number of aromatic nitrogens is 3. The number of halogens is 2. The van der Waals surface area contributed by atoms with Crippen LogP contribution in [0.15, 0.2) is 24.3 Å². The molecule has 0 bridgehead atoms. The number of rotatable bonds is 4. The zero-order valence-electron chi connectivity index (χ0n) is 26.2. The van der Waals surface area contributed by atoms with Crippen molar-refractivity contribution in [3.8, 4) is 41.2 Å². The second-order valence-electron chi connectivity index (χ2n) is 12.2. The van der Waals surface area contributed by atoms with Crippen LogP contribution in [0.1, 0.15) is 51.5 Å². The van der Waals surface area contributed by atoms with Crippen molar-refractivity contribution in [1.82, 2.24) is 25.2 Å². The van der Waals surface area contributed by atoms with Crippen molar-refractivity contribution < 1.29 is 23.4 Å². The number of hydrogen-bond donors (Lipinski definition) is 2. The van der Waals surface area contributed by atoms with Crippen LogP contribution in [0.25, 0.3) is 32.9 Å². The lowest BCUT2D eigenvalue weighted by Gasteiger charge is -2.39. The molecule has 11 heteroatoms. The van der Waals surface area contributed by atoms with E-state index in [0.717, 1.165) is 51.9 Å². The van der Waals surface area contributed by atoms with Gasteiger partial charge in [0.05, 0.1) is 17.7 Å². The average Bonchev–Trinajstić information content (AvgIpc) is 3.65. The number of hydrogen-bond acceptors (Lipinski definition) is 9. The second-order valence-corrected chi connectivity index (χ2v) is 12.2. The molecule has 1 atom stereocenters. The quantitative estimate of drug-likeness (QED) is 0.288. The van der Waals surface area contributed by atoms with Gasteiger partial charge in [0.25, 0.3) is 0 Å². The van der Waals surface area contributed by atoms with Crippen molar-refractivity contribution in [3.05, 3.63) is 41.5 Å². The van der Waals surface area contributed by atoms with Gasteiger partial charge in [0, 0.05) is 43.0 Å². The Bertz CT molecular complexity index is 1850. The van der Waals surface area contributed by atoms with Crippen molar-refractivity contribution in [1.29, 1.82) is 0 Å². The standard InChI is InChI=1S/C33H32F2N6O3.C2H6/c1-2-22-24(34)6-5-19-15-21(42)16-23(25(19)22)28-27(35)29-26-30(41-13-10-36-17-20(41)7-14-43-31(26)37-28)39-32(38-29)44-18-33-8-3-11-40(33)12-4-9-33;1-2/h1,5-6,15-16,20,36,42H,3-4,7-14,17-18H2;1-2H3. The number of fused-ring (bicyclic) bond motifs is 4. The van der Waals surface area contributed by atoms with E-state index in [2.05, 4.69) is 31.0 Å². The van der Waals surface area contributed by atoms with Gasteiger partial charge in [-0.15, -0.1) is 6.42 Å². The zero-order chi connectivity index (χ0) is 32.0. The van der Waals surface area contributed by atoms with Crippen LogP contribution in [0.2, 0.25) is 0 Å². The van der Waals surface area contributed by atoms with Gasteiger partial charge in [-0.25, -0.2) is 13.8 Å². The third-order valence-corrected chi connectivity index (χ3v) is 9.76. The molecule has 4 aromatic rings. The van der Waals surface area contributed by atoms with Crippen molar-refractivity contribution in [2.24, 2.45) is 0 Å². The molecule has 2 aromatic carbocycles. The van der Waals surface area contributed by atoms with Gasteiger partial charge in [-0.2, -0.15) is 9.97 Å². The molecule has 8 rings (SSSR count). The highest BCUT2D eigenvalue weighted by molar-refractivity contribution is 6.04. The van der Waals surface area contributed by atoms with E-state index in [1.807, 2.05) is 13.8 Å². The largest absolute Gasteiger partial charge is 0.508 e. The van der Waals surface area contributed by atoms with Gasteiger partial charge >= 0.3 is 6.01 Å². The fourth-order valence-corrected chi connectivity index (χ4v) is 7.66. The summed E-state index contributed by atoms with van der Waals surface area (Å²) in [4.78, 5) is 18.8. The molecule has 4 aliphatic rings. The molecule has 46 heavy (non-hydrogen) atoms. The molecule has 6 heterocycles. The fourth-order valence-electron chi connectivity index (χ4n) is 7.66. The number of phenols is 1. The highest BCUT2D eigenvalue weighted by atomic mass is 19.1. The maximum Gasteiger partial charge on any atom is 0.319 e. The Hall–Kier alpha value is -4.27. The van der Waals surface area contributed by atoms with E-state index in [0.29, 0.717) is 42.8 Å². The van der Waals surface area contributed by atoms with Crippen LogP contribution >= 0.6 is 0 Å². The first-order chi connectivity index (χ1) is 22.5. The summed E-state index contributed by atoms with van der Waals surface area (Å²) in [6.07, 6.45) is 10.8. The number of nitrogens with zero attached hydrogens (tertiary/aromatic N) is 5. The summed E-state index contributed by atoms with van der Waals surface area (Å²) in [7, 11) is 0. The minimum absolute atomic E-state index is 0.00784. The van der Waals surface area contributed by atoms with Crippen LogP contribution < -0.4 is 19.7 Å². The molecule has 0 radical (unpaired) electrons. The van der Waals surface area contributed by atoms with E-state index < -0.39 is 11.6 Å². The van der Waals surface area contributed by atoms with Gasteiger partial charge in [-0.1, -0.05) is 25.8 Å². The molecule has 2 aromatic heterocycles. The summed E-state index contributed by atoms with van der Waals surface area (Å²) in [5.74, 6) is 1.56. The van der Waals surface area contributed by atoms with Gasteiger partial charge in [-0.3, -0.25) is 4.90 Å². The van der Waals surface area contributed by atoms with Gasteiger partial charge in [-0.05, 0) is 62.4 Å². The van der Waals surface area contributed by atoms with E-state index in [1.54, 1.807) is 0 Å². The topological polar surface area (TPSA) is 95.9 Å². The average molecular weight is 629 g/mol. The maximum atomic E-state index is 16.9. The first-order valence-corrected chi connectivity index (χ1v) is 16.3. The zero-order valence-corrected chi connectivity index (χ0v) is 26.2. The van der Waals surface area contributed by atoms with Crippen molar-refractivity contribution in [2.45, 2.75) is 57.5 Å². The molecule has 0 amide bonds. The summed E-state index contributed by atoms with van der Waals surface area (Å²) in [5, 5.41) is 15.1. The van der Waals surface area contributed by atoms with Crippen molar-refractivity contribution in [2.75, 3.05) is 50.8 Å². The monoisotopic (exact) mass is 628 g/mol. The first-order valence-electron chi connectivity index (χ1n) is 16.3. The van der Waals surface area contributed by atoms with Crippen LogP contribution in [0, 0.1) is 24.0 Å². The highest BCUT2D eigenvalue weighted by Gasteiger charge is 2.45. The molecular weight excluding hydrogens is 590 g/mol. The van der Waals surface area contributed by atoms with E-state index in [1.165, 1.54) is 24.3 Å². The number of pyridine rings is 1. The number of terminal acetylenes is 1. The van der Waals surface area contributed by atoms with Crippen molar-refractivity contribution >= 4 is 27.5 Å². The SMILES string of the molecule is C#Cc1c(F)ccc2cc(O)cc(-c3nc4c5c(nc(OCC67CCCN6CCC7)nc5c3F)N3CCNCC3CCO4)c12.CC. The molecule has 9 nitrogen and oxygen atoms in total. The van der Waals surface area contributed by atoms with Crippen LogP contribution in [0.4, 0.5) is 14.6 Å². The highest BCUT2D eigenvalue weighted by Crippen LogP contribution is 2.44. The van der Waals surface area contributed by atoms with Gasteiger partial charge in [0.2, 0.25) is 5.88 Å². The molecule has 1 unspecified atom stereocenters. The second kappa shape index (κ2) is 12.2. The third kappa shape index (κ3) is 4.95. The summed E-state index contributed by atoms with van der Waals surface area (Å²) >= 11 is 0. The molecule has 2 N–H and O–H groups in total. The minimum Gasteiger partial charge on any atom is -0.508 e. The summed E-state index contributed by atoms with van der Waals surface area (Å²) in [6, 6.07) is 5.70. The smallest absolute Gasteiger partial charge is 0.319 e. The molecule has 3 fully saturated rings. The predicted molar refractivity (Wildman–Crippen MR) is 174 cm³/mol. The fraction of sp³-hybridized carbons (Fsp3) is 0.457. The predicted octanol–water partition coefficient (Wildman–Crippen LogP) is 5.40. The Balaban J connectivity index is 0.00000166. The van der Waals surface area contributed by atoms with E-state index in [-0.39, 0.29) is 56.9 Å². The Morgan fingerprint density at radius 2 is 1.91 bits per heavy atom. The Labute approximate surface area is 266 Å². The maximum absolute atomic E-state index is 16.9. The number of ether oxygens (including phenoxy) is 2. The molecule has 0 spiro atoms. The van der Waals surface area contributed by atoms with E-state index in [9.17, 15) is 9.50 Å². The lowest BCUT2D eigenvalue weighted by molar-refractivity contribution is 0.107. The van der Waals surface area contributed by atoms with Gasteiger partial charge < -0.3 is 24.8 Å². The summed E-state index contributed by atoms with van der Waals surface area (Å²) in [5.41, 5.74) is -0.113. The van der Waals surface area contributed by atoms with Crippen LogP contribution in [0.3, 0.4) is 0 Å². The number of nitrogens with one attached hydrogen (secondary N) is 1. The van der Waals surface area contributed by atoms with Gasteiger partial charge in [0.1, 0.15) is 40.6 Å². The molecule has 0 aliphatic carbocycles. The first kappa shape index (κ1) is 30.4. The number of aromatic hydroxyl groups is 1. The van der Waals surface area contributed by atoms with Crippen molar-refractivity contribution in [3.63, 3.8) is 0 Å². The molecule has 3 saturated heterocycles. The van der Waals surface area contributed by atoms with Gasteiger partial charge in [0.15, 0.2) is 5.82 Å². The molecule has 4 aliphatic heterocycles.